The van der Waals surface area contributed by atoms with Gasteiger partial charge in [-0.15, -0.1) is 4.68 Å². The quantitative estimate of drug-likeness (QED) is 0.113. The first-order valence-electron chi connectivity index (χ1n) is 22.6. The molecule has 2 fully saturated rings. The molecule has 3 aromatic heterocycles. The largest absolute Gasteiger partial charge is 0.493 e. The summed E-state index contributed by atoms with van der Waals surface area (Å²) in [6.07, 6.45) is 5.21. The third kappa shape index (κ3) is 10.3. The lowest BCUT2D eigenvalue weighted by molar-refractivity contribution is -0.753. The van der Waals surface area contributed by atoms with E-state index in [1.807, 2.05) is 68.6 Å². The Hall–Kier alpha value is -6.70. The van der Waals surface area contributed by atoms with Crippen molar-refractivity contribution in [2.45, 2.75) is 70.7 Å². The summed E-state index contributed by atoms with van der Waals surface area (Å²) in [7, 11) is 3.41. The number of rotatable bonds is 17. The molecular formula is C48H58F2N11O6+. The molecule has 6 aromatic rings. The predicted octanol–water partition coefficient (Wildman–Crippen LogP) is 5.37. The van der Waals surface area contributed by atoms with Gasteiger partial charge in [-0.3, -0.25) is 4.90 Å². The summed E-state index contributed by atoms with van der Waals surface area (Å²) in [5, 5.41) is 22.0. The SMILES string of the molecule is CC[C@@H]([C@H](C)O)n1ncn(-c2ccc(N3CCN(c4ccc(OC[C@@H]5CO[C@@](Cn6c[n+](C(C)OC(=O)N(C)c7ncccc7CNC)cn6)(c6ccc(F)cc6F)C5)cc4)CC3)cc2)c1=O. The highest BCUT2D eigenvalue weighted by molar-refractivity contribution is 5.86. The van der Waals surface area contributed by atoms with Crippen molar-refractivity contribution < 1.29 is 37.5 Å². The molecule has 0 aliphatic carbocycles. The lowest BCUT2D eigenvalue weighted by Gasteiger charge is -2.37. The number of nitrogens with one attached hydrogen (secondary N) is 1. The number of halogens is 2. The first-order valence-corrected chi connectivity index (χ1v) is 22.6. The van der Waals surface area contributed by atoms with Crippen LogP contribution in [0.25, 0.3) is 5.69 Å². The average Bonchev–Trinajstić information content (AvgIpc) is 4.08. The van der Waals surface area contributed by atoms with Crippen molar-refractivity contribution in [1.82, 2.24) is 34.4 Å². The number of aliphatic hydroxyl groups excluding tert-OH is 1. The molecule has 0 saturated carbocycles. The standard InChI is InChI=1S/C48H58F2N11O6/c1-6-44(33(2)62)61-46(63)60(31-54-61)40-12-10-38(11-13-40)56-20-22-57(23-21-56)39-14-16-41(17-15-39)65-27-35-25-48(66-28-35,42-18-9-37(49)24-43(42)50)29-59-32-58(30-53-59)34(3)67-47(64)55(5)45-36(26-51-4)8-7-19-52-45/h7-19,24,30-35,44,51,62H,6,20-23,25-29H2,1-5H3/q+1/t33-,34?,35+,44-,48-/m0/s1. The molecular weight excluding hydrogens is 865 g/mol. The highest BCUT2D eigenvalue weighted by Gasteiger charge is 2.46. The number of hydrogen-bond acceptors (Lipinski definition) is 12. The molecule has 1 unspecified atom stereocenters. The highest BCUT2D eigenvalue weighted by Crippen LogP contribution is 2.42. The van der Waals surface area contributed by atoms with Crippen molar-refractivity contribution in [2.75, 3.05) is 68.2 Å². The Bertz CT molecular complexity index is 2670. The topological polar surface area (TPSA) is 161 Å². The summed E-state index contributed by atoms with van der Waals surface area (Å²) in [5.74, 6) is -0.358. The second kappa shape index (κ2) is 20.4. The number of anilines is 3. The Morgan fingerprint density at radius 3 is 2.34 bits per heavy atom. The van der Waals surface area contributed by atoms with Crippen LogP contribution in [-0.4, -0.2) is 99.9 Å². The minimum absolute atomic E-state index is 0.104. The molecule has 0 spiro atoms. The smallest absolute Gasteiger partial charge is 0.418 e. The molecule has 19 heteroatoms. The van der Waals surface area contributed by atoms with Gasteiger partial charge in [-0.1, -0.05) is 19.1 Å². The number of aromatic nitrogens is 7. The second-order valence-corrected chi connectivity index (χ2v) is 17.2. The van der Waals surface area contributed by atoms with Crippen LogP contribution >= 0.6 is 0 Å². The van der Waals surface area contributed by atoms with Gasteiger partial charge in [0.25, 0.3) is 6.33 Å². The molecule has 5 atom stereocenters. The highest BCUT2D eigenvalue weighted by atomic mass is 19.1. The van der Waals surface area contributed by atoms with E-state index in [0.29, 0.717) is 43.2 Å². The van der Waals surface area contributed by atoms with Gasteiger partial charge in [0, 0.05) is 92.5 Å². The fourth-order valence-corrected chi connectivity index (χ4v) is 8.97. The van der Waals surface area contributed by atoms with Crippen LogP contribution in [-0.2, 0) is 28.2 Å². The Kier molecular flexibility index (Phi) is 14.3. The first-order chi connectivity index (χ1) is 32.4. The average molecular weight is 923 g/mol. The summed E-state index contributed by atoms with van der Waals surface area (Å²) >= 11 is 0. The third-order valence-electron chi connectivity index (χ3n) is 12.6. The Balaban J connectivity index is 0.854. The fourth-order valence-electron chi connectivity index (χ4n) is 8.97. The number of amides is 1. The van der Waals surface area contributed by atoms with E-state index in [-0.39, 0.29) is 36.4 Å². The van der Waals surface area contributed by atoms with Gasteiger partial charge in [0.15, 0.2) is 0 Å². The van der Waals surface area contributed by atoms with Crippen LogP contribution in [0.3, 0.4) is 0 Å². The zero-order valence-electron chi connectivity index (χ0n) is 38.4. The minimum atomic E-state index is -1.19. The van der Waals surface area contributed by atoms with E-state index in [0.717, 1.165) is 49.2 Å². The van der Waals surface area contributed by atoms with E-state index < -0.39 is 35.7 Å². The van der Waals surface area contributed by atoms with Gasteiger partial charge in [0.1, 0.15) is 41.7 Å². The molecule has 2 aliphatic heterocycles. The molecule has 0 bridgehead atoms. The van der Waals surface area contributed by atoms with Crippen molar-refractivity contribution in [1.29, 1.82) is 0 Å². The van der Waals surface area contributed by atoms with Gasteiger partial charge in [-0.05, 0) is 87.5 Å². The van der Waals surface area contributed by atoms with Crippen molar-refractivity contribution in [3.63, 3.8) is 0 Å². The number of carbonyl (C=O) groups excluding carboxylic acids is 1. The van der Waals surface area contributed by atoms with Crippen molar-refractivity contribution in [3.8, 4) is 11.4 Å². The molecule has 2 saturated heterocycles. The molecule has 2 aliphatic rings. The molecule has 5 heterocycles. The number of piperazine rings is 1. The zero-order valence-corrected chi connectivity index (χ0v) is 38.4. The second-order valence-electron chi connectivity index (χ2n) is 17.2. The van der Waals surface area contributed by atoms with Crippen LogP contribution in [0, 0.1) is 17.6 Å². The molecule has 2 N–H and O–H groups in total. The van der Waals surface area contributed by atoms with E-state index in [2.05, 4.69) is 30.3 Å². The molecule has 17 nitrogen and oxygen atoms in total. The van der Waals surface area contributed by atoms with Crippen LogP contribution < -0.4 is 35.0 Å². The van der Waals surface area contributed by atoms with Crippen LogP contribution in [0.15, 0.2) is 109 Å². The van der Waals surface area contributed by atoms with E-state index in [1.54, 1.807) is 48.7 Å². The Labute approximate surface area is 387 Å². The summed E-state index contributed by atoms with van der Waals surface area (Å²) in [6.45, 7) is 9.76. The molecule has 1 amide bonds. The third-order valence-corrected chi connectivity index (χ3v) is 12.6. The van der Waals surface area contributed by atoms with E-state index in [4.69, 9.17) is 14.2 Å². The molecule has 0 radical (unpaired) electrons. The normalized spacial score (nSPS) is 18.7. The number of pyridine rings is 1. The summed E-state index contributed by atoms with van der Waals surface area (Å²) in [4.78, 5) is 36.6. The first kappa shape index (κ1) is 46.8. The molecule has 3 aromatic carbocycles. The Morgan fingerprint density at radius 2 is 1.69 bits per heavy atom. The molecule has 354 valence electrons. The van der Waals surface area contributed by atoms with Gasteiger partial charge < -0.3 is 34.4 Å². The summed E-state index contributed by atoms with van der Waals surface area (Å²) in [5.41, 5.74) is 2.44. The van der Waals surface area contributed by atoms with E-state index in [1.165, 1.54) is 38.9 Å². The van der Waals surface area contributed by atoms with Crippen LogP contribution in [0.1, 0.15) is 57.0 Å². The lowest BCUT2D eigenvalue weighted by atomic mass is 9.87. The maximum absolute atomic E-state index is 15.5. The Morgan fingerprint density at radius 1 is 1.00 bits per heavy atom. The monoisotopic (exact) mass is 922 g/mol. The van der Waals surface area contributed by atoms with Crippen LogP contribution in [0.2, 0.25) is 0 Å². The number of nitrogens with zero attached hydrogens (tertiary/aromatic N) is 10. The van der Waals surface area contributed by atoms with Crippen LogP contribution in [0.4, 0.5) is 30.8 Å². The lowest BCUT2D eigenvalue weighted by Crippen LogP contribution is -2.46. The van der Waals surface area contributed by atoms with Gasteiger partial charge in [-0.25, -0.2) is 32.6 Å². The summed E-state index contributed by atoms with van der Waals surface area (Å²) < 4.78 is 54.2. The predicted molar refractivity (Wildman–Crippen MR) is 246 cm³/mol. The maximum atomic E-state index is 15.5. The number of ether oxygens (including phenoxy) is 3. The van der Waals surface area contributed by atoms with Gasteiger partial charge in [0.2, 0.25) is 12.6 Å². The number of carbonyl (C=O) groups is 1. The van der Waals surface area contributed by atoms with Gasteiger partial charge in [-0.2, -0.15) is 9.67 Å². The minimum Gasteiger partial charge on any atom is -0.493 e. The van der Waals surface area contributed by atoms with Crippen molar-refractivity contribution in [2.24, 2.45) is 5.92 Å². The fraction of sp³-hybridized carbons (Fsp3) is 0.417. The van der Waals surface area contributed by atoms with E-state index in [9.17, 15) is 19.1 Å². The van der Waals surface area contributed by atoms with Crippen molar-refractivity contribution in [3.05, 3.63) is 137 Å². The molecule has 67 heavy (non-hydrogen) atoms. The van der Waals surface area contributed by atoms with Crippen LogP contribution in [0.5, 0.6) is 5.75 Å². The molecule has 8 rings (SSSR count). The maximum Gasteiger partial charge on any atom is 0.418 e. The van der Waals surface area contributed by atoms with Crippen molar-refractivity contribution >= 4 is 23.3 Å². The van der Waals surface area contributed by atoms with Gasteiger partial charge in [0.05, 0.1) is 31.0 Å². The number of hydrogen-bond donors (Lipinski definition) is 2. The van der Waals surface area contributed by atoms with E-state index >= 15 is 4.39 Å². The number of aliphatic hydroxyl groups is 1. The zero-order chi connectivity index (χ0) is 47.2. The number of benzene rings is 3. The van der Waals surface area contributed by atoms with Gasteiger partial charge >= 0.3 is 11.8 Å². The summed E-state index contributed by atoms with van der Waals surface area (Å²) in [6, 6.07) is 22.7.